The van der Waals surface area contributed by atoms with Crippen molar-refractivity contribution >= 4 is 10.0 Å². The molecule has 1 fully saturated rings. The molecule has 2 heterocycles. The Morgan fingerprint density at radius 1 is 1.20 bits per heavy atom. The highest BCUT2D eigenvalue weighted by Gasteiger charge is 2.41. The largest absolute Gasteiger partial charge is 0.330 e. The van der Waals surface area contributed by atoms with Crippen LogP contribution in [0.25, 0.3) is 0 Å². The molecule has 3 rings (SSSR count). The number of nitrogens with zero attached hydrogens (tertiary/aromatic N) is 3. The highest BCUT2D eigenvalue weighted by atomic mass is 32.2. The number of hydrogen-bond donors (Lipinski definition) is 1. The molecule has 1 saturated heterocycles. The van der Waals surface area contributed by atoms with E-state index >= 15 is 0 Å². The van der Waals surface area contributed by atoms with Gasteiger partial charge in [-0.1, -0.05) is 30.3 Å². The van der Waals surface area contributed by atoms with E-state index in [0.717, 1.165) is 5.56 Å². The van der Waals surface area contributed by atoms with E-state index in [4.69, 9.17) is 5.73 Å². The van der Waals surface area contributed by atoms with Crippen molar-refractivity contribution in [1.82, 2.24) is 14.1 Å². The van der Waals surface area contributed by atoms with Gasteiger partial charge < -0.3 is 5.73 Å². The Kier molecular flexibility index (Phi) is 4.99. The minimum Gasteiger partial charge on any atom is -0.330 e. The molecule has 25 heavy (non-hydrogen) atoms. The summed E-state index contributed by atoms with van der Waals surface area (Å²) in [6, 6.07) is 10.0. The van der Waals surface area contributed by atoms with Gasteiger partial charge in [0, 0.05) is 25.6 Å². The molecule has 2 aromatic rings. The number of hydrogen-bond acceptors (Lipinski definition) is 4. The predicted octanol–water partition coefficient (Wildman–Crippen LogP) is 1.88. The first kappa shape index (κ1) is 18.1. The molecule has 136 valence electrons. The lowest BCUT2D eigenvalue weighted by Crippen LogP contribution is -2.30. The van der Waals surface area contributed by atoms with Crippen LogP contribution < -0.4 is 5.73 Å². The minimum atomic E-state index is -3.58. The highest BCUT2D eigenvalue weighted by molar-refractivity contribution is 7.89. The summed E-state index contributed by atoms with van der Waals surface area (Å²) in [4.78, 5) is 0.346. The third kappa shape index (κ3) is 3.12. The van der Waals surface area contributed by atoms with Gasteiger partial charge in [-0.15, -0.1) is 0 Å². The van der Waals surface area contributed by atoms with E-state index in [9.17, 15) is 8.42 Å². The zero-order valence-electron chi connectivity index (χ0n) is 15.0. The van der Waals surface area contributed by atoms with Crippen molar-refractivity contribution in [2.75, 3.05) is 19.6 Å². The van der Waals surface area contributed by atoms with Gasteiger partial charge >= 0.3 is 0 Å². The molecule has 0 bridgehead atoms. The Bertz CT molecular complexity index is 845. The number of rotatable bonds is 5. The second kappa shape index (κ2) is 6.90. The minimum absolute atomic E-state index is 0.124. The van der Waals surface area contributed by atoms with Crippen LogP contribution in [0.1, 0.15) is 29.8 Å². The molecular weight excluding hydrogens is 336 g/mol. The van der Waals surface area contributed by atoms with Crippen LogP contribution >= 0.6 is 0 Å². The molecule has 0 unspecified atom stereocenters. The van der Waals surface area contributed by atoms with Crippen LogP contribution in [-0.2, 0) is 16.6 Å². The van der Waals surface area contributed by atoms with Crippen molar-refractivity contribution in [3.05, 3.63) is 47.3 Å². The number of aromatic nitrogens is 2. The average molecular weight is 362 g/mol. The Morgan fingerprint density at radius 3 is 2.44 bits per heavy atom. The van der Waals surface area contributed by atoms with E-state index in [0.29, 0.717) is 42.5 Å². The first-order valence-corrected chi connectivity index (χ1v) is 10.1. The third-order valence-electron chi connectivity index (χ3n) is 5.15. The number of nitrogens with two attached hydrogens (primary N) is 1. The van der Waals surface area contributed by atoms with Gasteiger partial charge in [0.1, 0.15) is 4.90 Å². The smallest absolute Gasteiger partial charge is 0.246 e. The van der Waals surface area contributed by atoms with Crippen LogP contribution in [-0.4, -0.2) is 42.1 Å². The summed E-state index contributed by atoms with van der Waals surface area (Å²) in [7, 11) is -3.58. The lowest BCUT2D eigenvalue weighted by atomic mass is 9.89. The molecule has 1 aliphatic heterocycles. The molecular formula is C18H26N4O2S. The van der Waals surface area contributed by atoms with Crippen LogP contribution in [0.3, 0.4) is 0 Å². The Hall–Kier alpha value is -1.70. The summed E-state index contributed by atoms with van der Waals surface area (Å²) in [5.74, 6) is 0.252. The van der Waals surface area contributed by atoms with Crippen LogP contribution in [0.4, 0.5) is 0 Å². The fourth-order valence-corrected chi connectivity index (χ4v) is 5.73. The average Bonchev–Trinajstić information content (AvgIpc) is 3.17. The van der Waals surface area contributed by atoms with Gasteiger partial charge in [-0.05, 0) is 38.8 Å². The van der Waals surface area contributed by atoms with E-state index < -0.39 is 10.0 Å². The maximum absolute atomic E-state index is 13.3. The van der Waals surface area contributed by atoms with Crippen LogP contribution in [0.2, 0.25) is 0 Å². The fraction of sp³-hybridized carbons (Fsp3) is 0.500. The van der Waals surface area contributed by atoms with E-state index in [1.807, 2.05) is 32.0 Å². The summed E-state index contributed by atoms with van der Waals surface area (Å²) in [5.41, 5.74) is 8.36. The SMILES string of the molecule is CCn1nc(C)c(S(=O)(=O)N2C[C@@H](CN)[C@H](c3ccccc3)C2)c1C. The van der Waals surface area contributed by atoms with Crippen molar-refractivity contribution < 1.29 is 8.42 Å². The lowest BCUT2D eigenvalue weighted by Gasteiger charge is -2.17. The number of benzene rings is 1. The van der Waals surface area contributed by atoms with Crippen LogP contribution in [0.5, 0.6) is 0 Å². The quantitative estimate of drug-likeness (QED) is 0.880. The van der Waals surface area contributed by atoms with Crippen molar-refractivity contribution in [1.29, 1.82) is 0 Å². The molecule has 6 nitrogen and oxygen atoms in total. The van der Waals surface area contributed by atoms with E-state index in [1.165, 1.54) is 0 Å². The van der Waals surface area contributed by atoms with Gasteiger partial charge in [0.25, 0.3) is 0 Å². The highest BCUT2D eigenvalue weighted by Crippen LogP contribution is 2.36. The van der Waals surface area contributed by atoms with Gasteiger partial charge in [-0.2, -0.15) is 9.40 Å². The lowest BCUT2D eigenvalue weighted by molar-refractivity contribution is 0.458. The molecule has 1 aromatic carbocycles. The summed E-state index contributed by atoms with van der Waals surface area (Å²) >= 11 is 0. The van der Waals surface area contributed by atoms with Gasteiger partial charge in [-0.3, -0.25) is 4.68 Å². The van der Waals surface area contributed by atoms with Crippen LogP contribution in [0.15, 0.2) is 35.2 Å². The summed E-state index contributed by atoms with van der Waals surface area (Å²) in [5, 5.41) is 4.37. The number of sulfonamides is 1. The van der Waals surface area contributed by atoms with Gasteiger partial charge in [0.15, 0.2) is 0 Å². The van der Waals surface area contributed by atoms with E-state index in [1.54, 1.807) is 15.9 Å². The molecule has 0 spiro atoms. The van der Waals surface area contributed by atoms with Crippen molar-refractivity contribution in [2.24, 2.45) is 11.7 Å². The Balaban J connectivity index is 1.96. The zero-order chi connectivity index (χ0) is 18.2. The topological polar surface area (TPSA) is 81.2 Å². The molecule has 7 heteroatoms. The van der Waals surface area contributed by atoms with Gasteiger partial charge in [-0.25, -0.2) is 8.42 Å². The monoisotopic (exact) mass is 362 g/mol. The second-order valence-corrected chi connectivity index (χ2v) is 8.53. The molecule has 0 aliphatic carbocycles. The maximum atomic E-state index is 13.3. The Labute approximate surface area is 149 Å². The van der Waals surface area contributed by atoms with Crippen molar-refractivity contribution in [2.45, 2.75) is 38.1 Å². The molecule has 1 aromatic heterocycles. The Morgan fingerprint density at radius 2 is 1.88 bits per heavy atom. The molecule has 0 saturated carbocycles. The van der Waals surface area contributed by atoms with Gasteiger partial charge in [0.2, 0.25) is 10.0 Å². The van der Waals surface area contributed by atoms with E-state index in [2.05, 4.69) is 17.2 Å². The standard InChI is InChI=1S/C18H26N4O2S/c1-4-22-14(3)18(13(2)20-22)25(23,24)21-11-16(10-19)17(12-21)15-8-6-5-7-9-15/h5-9,16-17H,4,10-12,19H2,1-3H3/t16-,17+/m1/s1. The third-order valence-corrected chi connectivity index (χ3v) is 7.24. The number of aryl methyl sites for hydroxylation is 2. The first-order valence-electron chi connectivity index (χ1n) is 8.69. The molecule has 2 atom stereocenters. The molecule has 2 N–H and O–H groups in total. The second-order valence-electron chi connectivity index (χ2n) is 6.65. The van der Waals surface area contributed by atoms with Crippen molar-refractivity contribution in [3.63, 3.8) is 0 Å². The molecule has 1 aliphatic rings. The van der Waals surface area contributed by atoms with E-state index in [-0.39, 0.29) is 11.8 Å². The van der Waals surface area contributed by atoms with Crippen LogP contribution in [0, 0.1) is 19.8 Å². The maximum Gasteiger partial charge on any atom is 0.246 e. The summed E-state index contributed by atoms with van der Waals surface area (Å²) in [6.45, 7) is 7.58. The molecule has 0 amide bonds. The predicted molar refractivity (Wildman–Crippen MR) is 97.9 cm³/mol. The normalized spacial score (nSPS) is 21.8. The zero-order valence-corrected chi connectivity index (χ0v) is 15.8. The molecule has 0 radical (unpaired) electrons. The van der Waals surface area contributed by atoms with Gasteiger partial charge in [0.05, 0.1) is 11.4 Å². The fourth-order valence-electron chi connectivity index (χ4n) is 3.84. The van der Waals surface area contributed by atoms with Crippen molar-refractivity contribution in [3.8, 4) is 0 Å². The summed E-state index contributed by atoms with van der Waals surface area (Å²) < 4.78 is 29.9. The summed E-state index contributed by atoms with van der Waals surface area (Å²) in [6.07, 6.45) is 0. The first-order chi connectivity index (χ1) is 11.9.